The first kappa shape index (κ1) is 15.8. The lowest BCUT2D eigenvalue weighted by molar-refractivity contribution is -0.167. The van der Waals surface area contributed by atoms with E-state index in [2.05, 4.69) is 0 Å². The van der Waals surface area contributed by atoms with Gasteiger partial charge in [0.05, 0.1) is 12.8 Å². The van der Waals surface area contributed by atoms with E-state index in [1.807, 2.05) is 0 Å². The van der Waals surface area contributed by atoms with E-state index in [4.69, 9.17) is 9.84 Å². The minimum Gasteiger partial charge on any atom is -0.495 e. The van der Waals surface area contributed by atoms with Crippen molar-refractivity contribution in [3.8, 4) is 5.75 Å². The van der Waals surface area contributed by atoms with Crippen LogP contribution in [0, 0.1) is 0 Å². The fraction of sp³-hybridized carbons (Fsp3) is 0.333. The summed E-state index contributed by atoms with van der Waals surface area (Å²) < 4.78 is 41.4. The number of methoxy groups -OCH3 is 1. The van der Waals surface area contributed by atoms with Crippen LogP contribution in [0.3, 0.4) is 0 Å². The maximum Gasteiger partial charge on any atom is 0.471 e. The number of anilines is 1. The van der Waals surface area contributed by atoms with Crippen molar-refractivity contribution in [3.05, 3.63) is 23.8 Å². The number of carbonyl (C=O) groups excluding carboxylic acids is 1. The van der Waals surface area contributed by atoms with Crippen LogP contribution >= 0.6 is 0 Å². The zero-order valence-electron chi connectivity index (χ0n) is 10.5. The predicted molar refractivity (Wildman–Crippen MR) is 63.6 cm³/mol. The normalized spacial score (nSPS) is 11.0. The van der Waals surface area contributed by atoms with E-state index in [9.17, 15) is 22.8 Å². The van der Waals surface area contributed by atoms with Gasteiger partial charge in [0.15, 0.2) is 0 Å². The van der Waals surface area contributed by atoms with Crippen LogP contribution in [0.1, 0.15) is 12.0 Å². The molecule has 1 aromatic carbocycles. The molecule has 1 rings (SSSR count). The highest BCUT2D eigenvalue weighted by Crippen LogP contribution is 2.28. The van der Waals surface area contributed by atoms with Gasteiger partial charge in [0.1, 0.15) is 5.75 Å². The molecule has 0 unspecified atom stereocenters. The smallest absolute Gasteiger partial charge is 0.471 e. The second-order valence-electron chi connectivity index (χ2n) is 3.88. The van der Waals surface area contributed by atoms with Crippen molar-refractivity contribution in [1.82, 2.24) is 0 Å². The van der Waals surface area contributed by atoms with Crippen LogP contribution in [0.5, 0.6) is 5.75 Å². The van der Waals surface area contributed by atoms with E-state index in [1.54, 1.807) is 5.32 Å². The minimum absolute atomic E-state index is 0.0571. The first-order valence-corrected chi connectivity index (χ1v) is 5.51. The second-order valence-corrected chi connectivity index (χ2v) is 3.88. The van der Waals surface area contributed by atoms with Gasteiger partial charge in [-0.1, -0.05) is 6.07 Å². The molecular formula is C12H12F3NO4. The third kappa shape index (κ3) is 4.45. The highest BCUT2D eigenvalue weighted by molar-refractivity contribution is 5.96. The molecular weight excluding hydrogens is 279 g/mol. The number of hydrogen-bond donors (Lipinski definition) is 2. The third-order valence-electron chi connectivity index (χ3n) is 2.40. The summed E-state index contributed by atoms with van der Waals surface area (Å²) in [6.07, 6.45) is -5.05. The lowest BCUT2D eigenvalue weighted by Crippen LogP contribution is -2.30. The molecule has 0 fully saturated rings. The van der Waals surface area contributed by atoms with Gasteiger partial charge in [-0.25, -0.2) is 0 Å². The van der Waals surface area contributed by atoms with Crippen molar-refractivity contribution in [1.29, 1.82) is 0 Å². The molecule has 1 aromatic rings. The number of benzene rings is 1. The Morgan fingerprint density at radius 3 is 2.50 bits per heavy atom. The Kier molecular flexibility index (Phi) is 4.95. The number of carboxylic acid groups (broad SMARTS) is 1. The number of rotatable bonds is 5. The van der Waals surface area contributed by atoms with Gasteiger partial charge >= 0.3 is 18.1 Å². The molecule has 0 aliphatic rings. The number of ether oxygens (including phenoxy) is 1. The first-order valence-electron chi connectivity index (χ1n) is 5.51. The molecule has 0 saturated carbocycles. The van der Waals surface area contributed by atoms with Gasteiger partial charge in [-0.15, -0.1) is 0 Å². The highest BCUT2D eigenvalue weighted by atomic mass is 19.4. The zero-order valence-corrected chi connectivity index (χ0v) is 10.5. The molecule has 2 N–H and O–H groups in total. The third-order valence-corrected chi connectivity index (χ3v) is 2.40. The van der Waals surface area contributed by atoms with Gasteiger partial charge < -0.3 is 15.2 Å². The maximum atomic E-state index is 12.2. The fourth-order valence-corrected chi connectivity index (χ4v) is 1.45. The van der Waals surface area contributed by atoms with E-state index in [0.29, 0.717) is 5.56 Å². The summed E-state index contributed by atoms with van der Waals surface area (Å²) in [5.74, 6) is -3.09. The SMILES string of the molecule is COc1ccc(CCC(=O)O)cc1NC(=O)C(F)(F)F. The largest absolute Gasteiger partial charge is 0.495 e. The Hall–Kier alpha value is -2.25. The number of nitrogens with one attached hydrogen (secondary N) is 1. The van der Waals surface area contributed by atoms with Crippen molar-refractivity contribution in [2.75, 3.05) is 12.4 Å². The van der Waals surface area contributed by atoms with Crippen LogP contribution in [0.2, 0.25) is 0 Å². The van der Waals surface area contributed by atoms with Crippen molar-refractivity contribution in [2.45, 2.75) is 19.0 Å². The predicted octanol–water partition coefficient (Wildman–Crippen LogP) is 2.21. The van der Waals surface area contributed by atoms with Gasteiger partial charge in [0.2, 0.25) is 0 Å². The summed E-state index contributed by atoms with van der Waals surface area (Å²) in [6.45, 7) is 0. The molecule has 110 valence electrons. The monoisotopic (exact) mass is 291 g/mol. The summed E-state index contributed by atoms with van der Waals surface area (Å²) in [5, 5.41) is 10.2. The van der Waals surface area contributed by atoms with Crippen LogP contribution in [-0.4, -0.2) is 30.3 Å². The van der Waals surface area contributed by atoms with Crippen molar-refractivity contribution >= 4 is 17.6 Å². The van der Waals surface area contributed by atoms with Gasteiger partial charge in [0, 0.05) is 6.42 Å². The van der Waals surface area contributed by atoms with E-state index in [1.165, 1.54) is 25.3 Å². The van der Waals surface area contributed by atoms with Gasteiger partial charge in [0.25, 0.3) is 0 Å². The number of carbonyl (C=O) groups is 2. The summed E-state index contributed by atoms with van der Waals surface area (Å²) >= 11 is 0. The summed E-state index contributed by atoms with van der Waals surface area (Å²) in [5.41, 5.74) is 0.323. The van der Waals surface area contributed by atoms with Crippen LogP contribution < -0.4 is 10.1 Å². The Morgan fingerprint density at radius 1 is 1.35 bits per heavy atom. The molecule has 0 atom stereocenters. The molecule has 0 aliphatic carbocycles. The van der Waals surface area contributed by atoms with E-state index in [-0.39, 0.29) is 24.3 Å². The molecule has 20 heavy (non-hydrogen) atoms. The minimum atomic E-state index is -5.01. The molecule has 0 spiro atoms. The average molecular weight is 291 g/mol. The summed E-state index contributed by atoms with van der Waals surface area (Å²) in [6, 6.07) is 4.14. The average Bonchev–Trinajstić information content (AvgIpc) is 2.35. The number of aliphatic carboxylic acids is 1. The lowest BCUT2D eigenvalue weighted by atomic mass is 10.1. The number of carboxylic acids is 1. The Labute approximate surface area is 112 Å². The van der Waals surface area contributed by atoms with Crippen molar-refractivity contribution < 1.29 is 32.6 Å². The number of halogens is 3. The summed E-state index contributed by atoms with van der Waals surface area (Å²) in [7, 11) is 1.25. The van der Waals surface area contributed by atoms with E-state index in [0.717, 1.165) is 0 Å². The van der Waals surface area contributed by atoms with Crippen LogP contribution in [0.15, 0.2) is 18.2 Å². The van der Waals surface area contributed by atoms with Crippen LogP contribution in [-0.2, 0) is 16.0 Å². The van der Waals surface area contributed by atoms with Gasteiger partial charge in [-0.3, -0.25) is 9.59 Å². The molecule has 8 heteroatoms. The number of aryl methyl sites for hydroxylation is 1. The Balaban J connectivity index is 2.94. The quantitative estimate of drug-likeness (QED) is 0.872. The molecule has 0 bridgehead atoms. The van der Waals surface area contributed by atoms with Crippen molar-refractivity contribution in [2.24, 2.45) is 0 Å². The molecule has 0 radical (unpaired) electrons. The zero-order chi connectivity index (χ0) is 15.3. The standard InChI is InChI=1S/C12H12F3NO4/c1-20-9-4-2-7(3-5-10(17)18)6-8(9)16-11(19)12(13,14)15/h2,4,6H,3,5H2,1H3,(H,16,19)(H,17,18). The van der Waals surface area contributed by atoms with Gasteiger partial charge in [-0.05, 0) is 24.1 Å². The highest BCUT2D eigenvalue weighted by Gasteiger charge is 2.39. The lowest BCUT2D eigenvalue weighted by Gasteiger charge is -2.13. The van der Waals surface area contributed by atoms with E-state index >= 15 is 0 Å². The first-order chi connectivity index (χ1) is 9.24. The van der Waals surface area contributed by atoms with Crippen LogP contribution in [0.25, 0.3) is 0 Å². The molecule has 0 aliphatic heterocycles. The number of hydrogen-bond acceptors (Lipinski definition) is 3. The van der Waals surface area contributed by atoms with Gasteiger partial charge in [-0.2, -0.15) is 13.2 Å². The second kappa shape index (κ2) is 6.27. The Morgan fingerprint density at radius 2 is 2.00 bits per heavy atom. The Bertz CT molecular complexity index is 514. The van der Waals surface area contributed by atoms with E-state index < -0.39 is 18.1 Å². The number of amides is 1. The molecule has 5 nitrogen and oxygen atoms in total. The van der Waals surface area contributed by atoms with Crippen molar-refractivity contribution in [3.63, 3.8) is 0 Å². The van der Waals surface area contributed by atoms with Crippen LogP contribution in [0.4, 0.5) is 18.9 Å². The molecule has 0 aromatic heterocycles. The molecule has 0 saturated heterocycles. The summed E-state index contributed by atoms with van der Waals surface area (Å²) in [4.78, 5) is 21.3. The fourth-order valence-electron chi connectivity index (χ4n) is 1.45. The maximum absolute atomic E-state index is 12.2. The topological polar surface area (TPSA) is 75.6 Å². The molecule has 1 amide bonds. The molecule has 0 heterocycles. The number of alkyl halides is 3.